The first-order chi connectivity index (χ1) is 4.04. The van der Waals surface area contributed by atoms with Gasteiger partial charge in [0.25, 0.3) is 5.92 Å². The fourth-order valence-electron chi connectivity index (χ4n) is 1.35. The largest absolute Gasteiger partial charge is 0.251 e. The average molecular weight is 134 g/mol. The molecule has 0 N–H and O–H groups in total. The van der Waals surface area contributed by atoms with Gasteiger partial charge in [-0.3, -0.25) is 0 Å². The first-order valence-corrected chi connectivity index (χ1v) is 3.42. The molecule has 1 atom stereocenters. The van der Waals surface area contributed by atoms with Gasteiger partial charge in [0.1, 0.15) is 0 Å². The van der Waals surface area contributed by atoms with Crippen LogP contribution in [0.2, 0.25) is 0 Å². The summed E-state index contributed by atoms with van der Waals surface area (Å²) in [7, 11) is 0. The molecule has 1 rings (SSSR count). The van der Waals surface area contributed by atoms with Gasteiger partial charge in [-0.1, -0.05) is 13.8 Å². The second kappa shape index (κ2) is 1.93. The third-order valence-corrected chi connectivity index (χ3v) is 2.14. The van der Waals surface area contributed by atoms with Crippen molar-refractivity contribution in [2.45, 2.75) is 32.6 Å². The summed E-state index contributed by atoms with van der Waals surface area (Å²) < 4.78 is 24.9. The van der Waals surface area contributed by atoms with Crippen LogP contribution < -0.4 is 0 Å². The first-order valence-electron chi connectivity index (χ1n) is 3.42. The maximum Gasteiger partial charge on any atom is 0.251 e. The van der Waals surface area contributed by atoms with Gasteiger partial charge in [0.2, 0.25) is 0 Å². The molecular formula is C7H12F2. The van der Waals surface area contributed by atoms with Crippen molar-refractivity contribution < 1.29 is 8.78 Å². The van der Waals surface area contributed by atoms with Gasteiger partial charge in [-0.2, -0.15) is 0 Å². The summed E-state index contributed by atoms with van der Waals surface area (Å²) in [6.07, 6.45) is 0.820. The molecule has 0 heterocycles. The van der Waals surface area contributed by atoms with Crippen LogP contribution in [0.15, 0.2) is 0 Å². The van der Waals surface area contributed by atoms with Crippen LogP contribution in [-0.4, -0.2) is 5.92 Å². The minimum atomic E-state index is -2.34. The quantitative estimate of drug-likeness (QED) is 0.517. The molecule has 1 saturated carbocycles. The summed E-state index contributed by atoms with van der Waals surface area (Å²) in [4.78, 5) is 0. The molecule has 0 aromatic heterocycles. The Balaban J connectivity index is 2.45. The predicted molar refractivity (Wildman–Crippen MR) is 32.5 cm³/mol. The third-order valence-electron chi connectivity index (χ3n) is 2.14. The van der Waals surface area contributed by atoms with Crippen LogP contribution in [0.25, 0.3) is 0 Å². The second-order valence-electron chi connectivity index (χ2n) is 3.15. The topological polar surface area (TPSA) is 0 Å². The number of halogens is 2. The highest BCUT2D eigenvalue weighted by Crippen LogP contribution is 2.47. The monoisotopic (exact) mass is 134 g/mol. The Hall–Kier alpha value is -0.140. The molecule has 0 nitrogen and oxygen atoms in total. The fourth-order valence-corrected chi connectivity index (χ4v) is 1.35. The van der Waals surface area contributed by atoms with E-state index in [9.17, 15) is 8.78 Å². The summed E-state index contributed by atoms with van der Waals surface area (Å²) in [5.74, 6) is -2.53. The molecule has 9 heavy (non-hydrogen) atoms. The van der Waals surface area contributed by atoms with Gasteiger partial charge >= 0.3 is 0 Å². The van der Waals surface area contributed by atoms with E-state index in [4.69, 9.17) is 0 Å². The Morgan fingerprint density at radius 2 is 2.00 bits per heavy atom. The molecule has 0 amide bonds. The lowest BCUT2D eigenvalue weighted by atomic mass is 9.74. The van der Waals surface area contributed by atoms with Gasteiger partial charge in [-0.05, 0) is 12.3 Å². The van der Waals surface area contributed by atoms with Crippen molar-refractivity contribution in [3.63, 3.8) is 0 Å². The Labute approximate surface area is 54.3 Å². The van der Waals surface area contributed by atoms with E-state index in [-0.39, 0.29) is 18.3 Å². The number of hydrogen-bond acceptors (Lipinski definition) is 0. The minimum absolute atomic E-state index is 0.107. The highest BCUT2D eigenvalue weighted by atomic mass is 19.3. The van der Waals surface area contributed by atoms with Gasteiger partial charge in [0.05, 0.1) is 0 Å². The van der Waals surface area contributed by atoms with Crippen LogP contribution in [0.5, 0.6) is 0 Å². The lowest BCUT2D eigenvalue weighted by Crippen LogP contribution is -2.41. The standard InChI is InChI=1S/C7H12F2/c1-5(2)6-3-4-7(6,8)9/h5-6H,3-4H2,1-2H3. The molecule has 0 aliphatic heterocycles. The van der Waals surface area contributed by atoms with E-state index in [2.05, 4.69) is 0 Å². The lowest BCUT2D eigenvalue weighted by Gasteiger charge is -2.38. The summed E-state index contributed by atoms with van der Waals surface area (Å²) in [5.41, 5.74) is 0. The molecule has 0 bridgehead atoms. The van der Waals surface area contributed by atoms with Crippen LogP contribution >= 0.6 is 0 Å². The van der Waals surface area contributed by atoms with E-state index in [0.717, 1.165) is 0 Å². The van der Waals surface area contributed by atoms with Gasteiger partial charge in [0.15, 0.2) is 0 Å². The normalized spacial score (nSPS) is 32.3. The van der Waals surface area contributed by atoms with Crippen molar-refractivity contribution >= 4 is 0 Å². The SMILES string of the molecule is CC(C)C1CCC1(F)F. The summed E-state index contributed by atoms with van der Waals surface area (Å²) in [6, 6.07) is 0. The average Bonchev–Trinajstić information content (AvgIpc) is 1.62. The van der Waals surface area contributed by atoms with E-state index >= 15 is 0 Å². The highest BCUT2D eigenvalue weighted by molar-refractivity contribution is 4.89. The van der Waals surface area contributed by atoms with Crippen LogP contribution in [0.1, 0.15) is 26.7 Å². The van der Waals surface area contributed by atoms with E-state index < -0.39 is 5.92 Å². The molecule has 0 radical (unpaired) electrons. The zero-order valence-electron chi connectivity index (χ0n) is 5.82. The Morgan fingerprint density at radius 3 is 2.00 bits per heavy atom. The molecule has 1 unspecified atom stereocenters. The molecule has 1 fully saturated rings. The van der Waals surface area contributed by atoms with Gasteiger partial charge in [-0.15, -0.1) is 0 Å². The van der Waals surface area contributed by atoms with Gasteiger partial charge < -0.3 is 0 Å². The van der Waals surface area contributed by atoms with Gasteiger partial charge in [-0.25, -0.2) is 8.78 Å². The predicted octanol–water partition coefficient (Wildman–Crippen LogP) is 2.69. The van der Waals surface area contributed by atoms with E-state index in [1.807, 2.05) is 13.8 Å². The molecular weight excluding hydrogens is 122 g/mol. The molecule has 0 saturated heterocycles. The van der Waals surface area contributed by atoms with Gasteiger partial charge in [0, 0.05) is 12.3 Å². The Kier molecular flexibility index (Phi) is 1.49. The van der Waals surface area contributed by atoms with Crippen molar-refractivity contribution in [2.75, 3.05) is 0 Å². The van der Waals surface area contributed by atoms with E-state index in [0.29, 0.717) is 6.42 Å². The van der Waals surface area contributed by atoms with Crippen molar-refractivity contribution in [1.29, 1.82) is 0 Å². The van der Waals surface area contributed by atoms with Crippen LogP contribution in [-0.2, 0) is 0 Å². The molecule has 54 valence electrons. The smallest absolute Gasteiger partial charge is 0.207 e. The number of hydrogen-bond donors (Lipinski definition) is 0. The van der Waals surface area contributed by atoms with Crippen molar-refractivity contribution in [1.82, 2.24) is 0 Å². The van der Waals surface area contributed by atoms with Crippen LogP contribution in [0.3, 0.4) is 0 Å². The fraction of sp³-hybridized carbons (Fsp3) is 1.00. The zero-order valence-corrected chi connectivity index (χ0v) is 5.82. The summed E-state index contributed by atoms with van der Waals surface area (Å²) in [6.45, 7) is 3.72. The van der Waals surface area contributed by atoms with E-state index in [1.54, 1.807) is 0 Å². The minimum Gasteiger partial charge on any atom is -0.207 e. The Bertz CT molecular complexity index is 107. The summed E-state index contributed by atoms with van der Waals surface area (Å²) >= 11 is 0. The molecule has 0 aromatic rings. The first kappa shape index (κ1) is 6.97. The second-order valence-corrected chi connectivity index (χ2v) is 3.15. The number of alkyl halides is 2. The molecule has 0 aromatic carbocycles. The summed E-state index contributed by atoms with van der Waals surface area (Å²) in [5, 5.41) is 0. The lowest BCUT2D eigenvalue weighted by molar-refractivity contribution is -0.148. The van der Waals surface area contributed by atoms with Crippen molar-refractivity contribution in [3.05, 3.63) is 0 Å². The molecule has 0 spiro atoms. The van der Waals surface area contributed by atoms with Crippen molar-refractivity contribution in [2.24, 2.45) is 11.8 Å². The maximum atomic E-state index is 12.5. The number of rotatable bonds is 1. The van der Waals surface area contributed by atoms with E-state index in [1.165, 1.54) is 0 Å². The third kappa shape index (κ3) is 1.07. The van der Waals surface area contributed by atoms with Crippen molar-refractivity contribution in [3.8, 4) is 0 Å². The Morgan fingerprint density at radius 1 is 1.44 bits per heavy atom. The van der Waals surface area contributed by atoms with Crippen LogP contribution in [0.4, 0.5) is 8.78 Å². The maximum absolute atomic E-state index is 12.5. The zero-order chi connectivity index (χ0) is 7.07. The molecule has 1 aliphatic rings. The molecule has 2 heteroatoms. The molecule has 1 aliphatic carbocycles. The van der Waals surface area contributed by atoms with Crippen LogP contribution in [0, 0.1) is 11.8 Å². The highest BCUT2D eigenvalue weighted by Gasteiger charge is 2.49.